The van der Waals surface area contributed by atoms with Crippen LogP contribution in [0.25, 0.3) is 0 Å². The zero-order valence-corrected chi connectivity index (χ0v) is 10.6. The number of ether oxygens (including phenoxy) is 1. The predicted octanol–water partition coefficient (Wildman–Crippen LogP) is 1.65. The minimum absolute atomic E-state index is 0.0849. The third kappa shape index (κ3) is 1.62. The number of nitrogens with one attached hydrogen (secondary N) is 1. The molecule has 0 radical (unpaired) electrons. The number of hydrogen-bond donors (Lipinski definition) is 1. The van der Waals surface area contributed by atoms with Gasteiger partial charge in [0.1, 0.15) is 6.04 Å². The summed E-state index contributed by atoms with van der Waals surface area (Å²) >= 11 is 0. The summed E-state index contributed by atoms with van der Waals surface area (Å²) in [7, 11) is 1.60. The Morgan fingerprint density at radius 3 is 3.11 bits per heavy atom. The van der Waals surface area contributed by atoms with Crippen LogP contribution in [0.4, 0.5) is 11.5 Å². The van der Waals surface area contributed by atoms with Gasteiger partial charge < -0.3 is 15.0 Å². The van der Waals surface area contributed by atoms with E-state index < -0.39 is 0 Å². The van der Waals surface area contributed by atoms with Gasteiger partial charge in [-0.25, -0.2) is 0 Å². The van der Waals surface area contributed by atoms with Gasteiger partial charge in [-0.15, -0.1) is 0 Å². The molecular weight excluding hydrogens is 230 g/mol. The first-order valence-corrected chi connectivity index (χ1v) is 6.33. The molecule has 5 nitrogen and oxygen atoms in total. The highest BCUT2D eigenvalue weighted by Crippen LogP contribution is 2.37. The maximum atomic E-state index is 12.1. The first kappa shape index (κ1) is 11.3. The van der Waals surface area contributed by atoms with Gasteiger partial charge in [0.25, 0.3) is 0 Å². The van der Waals surface area contributed by atoms with E-state index in [0.717, 1.165) is 30.9 Å². The van der Waals surface area contributed by atoms with Crippen molar-refractivity contribution in [2.45, 2.75) is 25.8 Å². The Labute approximate surface area is 106 Å². The average Bonchev–Trinajstić information content (AvgIpc) is 2.38. The second-order valence-electron chi connectivity index (χ2n) is 4.97. The molecule has 1 saturated heterocycles. The Hall–Kier alpha value is -1.78. The van der Waals surface area contributed by atoms with Crippen molar-refractivity contribution in [3.8, 4) is 5.88 Å². The molecule has 5 heteroatoms. The van der Waals surface area contributed by atoms with Crippen LogP contribution in [0.1, 0.15) is 19.8 Å². The Morgan fingerprint density at radius 2 is 2.33 bits per heavy atom. The molecule has 2 unspecified atom stereocenters. The molecule has 2 atom stereocenters. The molecule has 1 amide bonds. The number of carbonyl (C=O) groups excluding carboxylic acids is 1. The Balaban J connectivity index is 2.05. The smallest absolute Gasteiger partial charge is 0.247 e. The normalized spacial score (nSPS) is 26.1. The maximum absolute atomic E-state index is 12.1. The lowest BCUT2D eigenvalue weighted by Crippen LogP contribution is -2.54. The highest BCUT2D eigenvalue weighted by Gasteiger charge is 2.39. The van der Waals surface area contributed by atoms with Crippen molar-refractivity contribution in [1.29, 1.82) is 0 Å². The second kappa shape index (κ2) is 4.15. The molecular formula is C13H17N3O2. The zero-order chi connectivity index (χ0) is 12.7. The Bertz CT molecular complexity index is 489. The molecule has 3 rings (SSSR count). The lowest BCUT2D eigenvalue weighted by molar-refractivity contribution is -0.119. The van der Waals surface area contributed by atoms with Crippen molar-refractivity contribution in [3.05, 3.63) is 12.1 Å². The Morgan fingerprint density at radius 1 is 1.50 bits per heavy atom. The first-order valence-electron chi connectivity index (χ1n) is 6.33. The van der Waals surface area contributed by atoms with Crippen LogP contribution in [-0.2, 0) is 4.79 Å². The molecule has 0 spiro atoms. The maximum Gasteiger partial charge on any atom is 0.247 e. The monoisotopic (exact) mass is 247 g/mol. The number of hydrogen-bond acceptors (Lipinski definition) is 4. The molecule has 0 aliphatic carbocycles. The van der Waals surface area contributed by atoms with Crippen LogP contribution >= 0.6 is 0 Å². The van der Waals surface area contributed by atoms with E-state index in [0.29, 0.717) is 11.8 Å². The van der Waals surface area contributed by atoms with Crippen LogP contribution in [0.15, 0.2) is 12.1 Å². The van der Waals surface area contributed by atoms with Crippen LogP contribution in [0.2, 0.25) is 0 Å². The number of rotatable bonds is 1. The molecule has 3 heterocycles. The number of fused-ring (bicyclic) bond motifs is 3. The summed E-state index contributed by atoms with van der Waals surface area (Å²) in [5.41, 5.74) is 0.783. The van der Waals surface area contributed by atoms with E-state index in [1.807, 2.05) is 6.07 Å². The summed E-state index contributed by atoms with van der Waals surface area (Å²) in [6, 6.07) is 3.53. The van der Waals surface area contributed by atoms with Gasteiger partial charge in [-0.2, -0.15) is 4.98 Å². The first-order chi connectivity index (χ1) is 8.70. The molecule has 0 aromatic carbocycles. The van der Waals surface area contributed by atoms with E-state index in [2.05, 4.69) is 22.1 Å². The Kier molecular flexibility index (Phi) is 2.61. The number of pyridine rings is 1. The lowest BCUT2D eigenvalue weighted by Gasteiger charge is -2.43. The van der Waals surface area contributed by atoms with Gasteiger partial charge >= 0.3 is 0 Å². The van der Waals surface area contributed by atoms with Gasteiger partial charge in [-0.05, 0) is 24.8 Å². The molecule has 1 aromatic heterocycles. The number of aromatic nitrogens is 1. The molecule has 18 heavy (non-hydrogen) atoms. The standard InChI is InChI=1S/C13H17N3O2/c1-8-4-3-7-16-11(8)13(17)14-9-5-6-10(18-2)15-12(9)16/h5-6,8,11H,3-4,7H2,1-2H3,(H,14,17). The van der Waals surface area contributed by atoms with Crippen LogP contribution in [-0.4, -0.2) is 30.6 Å². The van der Waals surface area contributed by atoms with E-state index in [4.69, 9.17) is 4.74 Å². The quantitative estimate of drug-likeness (QED) is 0.819. The number of nitrogens with zero attached hydrogens (tertiary/aromatic N) is 2. The van der Waals surface area contributed by atoms with E-state index in [1.54, 1.807) is 13.2 Å². The van der Waals surface area contributed by atoms with Crippen LogP contribution in [0.3, 0.4) is 0 Å². The van der Waals surface area contributed by atoms with E-state index in [-0.39, 0.29) is 11.9 Å². The summed E-state index contributed by atoms with van der Waals surface area (Å²) in [4.78, 5) is 18.7. The van der Waals surface area contributed by atoms with Gasteiger partial charge in [0, 0.05) is 12.6 Å². The van der Waals surface area contributed by atoms with Gasteiger partial charge in [0.2, 0.25) is 11.8 Å². The van der Waals surface area contributed by atoms with Crippen LogP contribution < -0.4 is 15.0 Å². The molecule has 0 bridgehead atoms. The van der Waals surface area contributed by atoms with Gasteiger partial charge in [-0.3, -0.25) is 4.79 Å². The van der Waals surface area contributed by atoms with E-state index >= 15 is 0 Å². The minimum Gasteiger partial charge on any atom is -0.481 e. The van der Waals surface area contributed by atoms with Gasteiger partial charge in [0.15, 0.2) is 5.82 Å². The number of carbonyl (C=O) groups is 1. The molecule has 96 valence electrons. The summed E-state index contributed by atoms with van der Waals surface area (Å²) in [6.45, 7) is 3.01. The fourth-order valence-electron chi connectivity index (χ4n) is 2.89. The lowest BCUT2D eigenvalue weighted by atomic mass is 9.89. The molecule has 2 aliphatic heterocycles. The third-order valence-electron chi connectivity index (χ3n) is 3.79. The van der Waals surface area contributed by atoms with Crippen LogP contribution in [0, 0.1) is 5.92 Å². The molecule has 1 aromatic rings. The summed E-state index contributed by atoms with van der Waals surface area (Å²) in [5.74, 6) is 1.87. The molecule has 1 N–H and O–H groups in total. The van der Waals surface area contributed by atoms with Gasteiger partial charge in [0.05, 0.1) is 12.8 Å². The van der Waals surface area contributed by atoms with Crippen molar-refractivity contribution < 1.29 is 9.53 Å². The number of methoxy groups -OCH3 is 1. The fraction of sp³-hybridized carbons (Fsp3) is 0.538. The van der Waals surface area contributed by atoms with Crippen molar-refractivity contribution >= 4 is 17.4 Å². The number of amides is 1. The summed E-state index contributed by atoms with van der Waals surface area (Å²) < 4.78 is 5.16. The topological polar surface area (TPSA) is 54.5 Å². The van der Waals surface area contributed by atoms with Crippen molar-refractivity contribution in [2.75, 3.05) is 23.9 Å². The van der Waals surface area contributed by atoms with Crippen LogP contribution in [0.5, 0.6) is 5.88 Å². The van der Waals surface area contributed by atoms with E-state index in [9.17, 15) is 4.79 Å². The minimum atomic E-state index is -0.0918. The highest BCUT2D eigenvalue weighted by atomic mass is 16.5. The second-order valence-corrected chi connectivity index (χ2v) is 4.97. The molecule has 0 saturated carbocycles. The highest BCUT2D eigenvalue weighted by molar-refractivity contribution is 6.03. The van der Waals surface area contributed by atoms with Crippen molar-refractivity contribution in [2.24, 2.45) is 5.92 Å². The van der Waals surface area contributed by atoms with Crippen molar-refractivity contribution in [1.82, 2.24) is 4.98 Å². The average molecular weight is 247 g/mol. The molecule has 2 aliphatic rings. The molecule has 1 fully saturated rings. The summed E-state index contributed by atoms with van der Waals surface area (Å²) in [6.07, 6.45) is 2.19. The van der Waals surface area contributed by atoms with Gasteiger partial charge in [-0.1, -0.05) is 6.92 Å². The van der Waals surface area contributed by atoms with E-state index in [1.165, 1.54) is 0 Å². The predicted molar refractivity (Wildman–Crippen MR) is 69.0 cm³/mol. The number of piperidine rings is 1. The fourth-order valence-corrected chi connectivity index (χ4v) is 2.89. The zero-order valence-electron chi connectivity index (χ0n) is 10.6. The van der Waals surface area contributed by atoms with Crippen molar-refractivity contribution in [3.63, 3.8) is 0 Å². The third-order valence-corrected chi connectivity index (χ3v) is 3.79. The number of anilines is 2. The SMILES string of the molecule is COc1ccc2c(n1)N1CCCC(C)C1C(=O)N2. The largest absolute Gasteiger partial charge is 0.481 e. The summed E-state index contributed by atoms with van der Waals surface area (Å²) in [5, 5.41) is 2.94.